The van der Waals surface area contributed by atoms with Gasteiger partial charge in [0.05, 0.1) is 0 Å². The molecule has 0 aromatic carbocycles. The maximum absolute atomic E-state index is 0. The molecule has 4 heteroatoms. The van der Waals surface area contributed by atoms with Crippen molar-refractivity contribution in [1.29, 1.82) is 0 Å². The molecule has 0 amide bonds. The van der Waals surface area contributed by atoms with E-state index in [1.54, 1.807) is 0 Å². The molecule has 0 aliphatic rings. The Morgan fingerprint density at radius 2 is 0.750 bits per heavy atom. The van der Waals surface area contributed by atoms with Gasteiger partial charge < -0.3 is 11.0 Å². The molecule has 0 saturated heterocycles. The molecule has 0 N–H and O–H groups in total. The fraction of sp³-hybridized carbons (Fsp3) is 0. The average molecular weight is 124 g/mol. The van der Waals surface area contributed by atoms with E-state index in [0.29, 0.717) is 0 Å². The van der Waals surface area contributed by atoms with Crippen LogP contribution in [0.3, 0.4) is 0 Å². The van der Waals surface area contributed by atoms with E-state index >= 15 is 0 Å². The zero-order valence-corrected chi connectivity index (χ0v) is 5.42. The number of hydrogen-bond donors (Lipinski definition) is 0. The van der Waals surface area contributed by atoms with Crippen LogP contribution in [-0.4, -0.2) is 37.7 Å². The Bertz CT molecular complexity index is 6.00. The fourth-order valence-electron chi connectivity index (χ4n) is 0. The van der Waals surface area contributed by atoms with Crippen molar-refractivity contribution in [3.8, 4) is 0 Å². The minimum atomic E-state index is 0. The molecule has 1 radical (unpaired) electrons. The summed E-state index contributed by atoms with van der Waals surface area (Å²) in [7, 11) is 0. The molecule has 0 aromatic heterocycles. The third-order valence-corrected chi connectivity index (χ3v) is 0. The molecule has 0 heterocycles. The molecule has 4 heavy (non-hydrogen) atoms. The monoisotopic (exact) mass is 124 g/mol. The maximum atomic E-state index is 0. The van der Waals surface area contributed by atoms with Crippen molar-refractivity contribution < 1.29 is 28.3 Å². The second-order valence-electron chi connectivity index (χ2n) is 0. The molecule has 0 aromatic rings. The molecule has 0 aliphatic heterocycles. The number of rotatable bonds is 0. The summed E-state index contributed by atoms with van der Waals surface area (Å²) in [5.74, 6) is 0. The van der Waals surface area contributed by atoms with Crippen LogP contribution in [0.2, 0.25) is 0 Å². The molecule has 0 rings (SSSR count). The predicted molar refractivity (Wildman–Crippen MR) is 7.13 cm³/mol. The Hall–Kier alpha value is 1.71. The Morgan fingerprint density at radius 1 is 0.750 bits per heavy atom. The van der Waals surface area contributed by atoms with Gasteiger partial charge >= 0.3 is 55.1 Å². The van der Waals surface area contributed by atoms with Gasteiger partial charge in [0.25, 0.3) is 0 Å². The summed E-state index contributed by atoms with van der Waals surface area (Å²) >= 11 is 0. The summed E-state index contributed by atoms with van der Waals surface area (Å²) in [6.07, 6.45) is 0. The molecule has 0 unspecified atom stereocenters. The summed E-state index contributed by atoms with van der Waals surface area (Å²) in [6.45, 7) is 0. The maximum Gasteiger partial charge on any atom is 3.00 e. The zero-order valence-electron chi connectivity index (χ0n) is 1.93. The van der Waals surface area contributed by atoms with Crippen LogP contribution in [0.5, 0.6) is 0 Å². The van der Waals surface area contributed by atoms with Crippen LogP contribution in [0.25, 0.3) is 0 Å². The summed E-state index contributed by atoms with van der Waals surface area (Å²) in [6, 6.07) is 0. The van der Waals surface area contributed by atoms with Gasteiger partial charge in [-0.1, -0.05) is 0 Å². The molecule has 0 saturated carbocycles. The Balaban J connectivity index is 0. The molecule has 0 atom stereocenters. The van der Waals surface area contributed by atoms with E-state index in [9.17, 15) is 0 Å². The summed E-state index contributed by atoms with van der Waals surface area (Å²) in [5.41, 5.74) is 0. The van der Waals surface area contributed by atoms with E-state index in [1.807, 2.05) is 0 Å². The van der Waals surface area contributed by atoms with Crippen LogP contribution in [0.4, 0.5) is 0 Å². The largest absolute Gasteiger partial charge is 3.00 e. The van der Waals surface area contributed by atoms with Crippen LogP contribution >= 0.6 is 0 Å². The van der Waals surface area contributed by atoms with E-state index < -0.39 is 0 Å². The minimum Gasteiger partial charge on any atom is -2.00 e. The quantitative estimate of drug-likeness (QED) is 0.386. The first-order chi connectivity index (χ1) is 0. The summed E-state index contributed by atoms with van der Waals surface area (Å²) < 4.78 is 0. The van der Waals surface area contributed by atoms with Gasteiger partial charge in [0.1, 0.15) is 0 Å². The van der Waals surface area contributed by atoms with Crippen molar-refractivity contribution in [2.75, 3.05) is 0 Å². The SMILES string of the molecule is [Ca+2].[Cr+3].[O-2].[O-2]. The summed E-state index contributed by atoms with van der Waals surface area (Å²) in [4.78, 5) is 0. The van der Waals surface area contributed by atoms with Gasteiger partial charge in [-0.15, -0.1) is 0 Å². The Morgan fingerprint density at radius 3 is 0.750 bits per heavy atom. The van der Waals surface area contributed by atoms with Crippen LogP contribution in [0.15, 0.2) is 0 Å². The molecule has 2 nitrogen and oxygen atoms in total. The van der Waals surface area contributed by atoms with E-state index in [2.05, 4.69) is 0 Å². The van der Waals surface area contributed by atoms with Gasteiger partial charge in [-0.3, -0.25) is 0 Å². The van der Waals surface area contributed by atoms with Crippen molar-refractivity contribution in [3.63, 3.8) is 0 Å². The van der Waals surface area contributed by atoms with Gasteiger partial charge in [-0.2, -0.15) is 0 Å². The van der Waals surface area contributed by atoms with Crippen LogP contribution < -0.4 is 0 Å². The molecule has 0 fully saturated rings. The van der Waals surface area contributed by atoms with Crippen molar-refractivity contribution in [3.05, 3.63) is 0 Å². The third-order valence-electron chi connectivity index (χ3n) is 0. The van der Waals surface area contributed by atoms with Gasteiger partial charge in [0.15, 0.2) is 0 Å². The topological polar surface area (TPSA) is 57.0 Å². The molecule has 0 bridgehead atoms. The Kier molecular flexibility index (Phi) is 240. The van der Waals surface area contributed by atoms with Crippen LogP contribution in [0.1, 0.15) is 0 Å². The fourth-order valence-corrected chi connectivity index (χ4v) is 0. The van der Waals surface area contributed by atoms with Gasteiger partial charge in [0, 0.05) is 0 Å². The predicted octanol–water partition coefficient (Wildman–Crippen LogP) is -0.621. The van der Waals surface area contributed by atoms with Gasteiger partial charge in [-0.05, 0) is 0 Å². The summed E-state index contributed by atoms with van der Waals surface area (Å²) in [5, 5.41) is 0. The molecule has 19 valence electrons. The zero-order chi connectivity index (χ0) is 0. The second-order valence-corrected chi connectivity index (χ2v) is 0. The molecule has 0 spiro atoms. The standard InChI is InChI=1S/Ca.Cr.2O/q+2;+3;2*-2. The first-order valence-electron chi connectivity index (χ1n) is 0. The smallest absolute Gasteiger partial charge is 2.00 e. The van der Waals surface area contributed by atoms with Gasteiger partial charge in [-0.25, -0.2) is 0 Å². The van der Waals surface area contributed by atoms with E-state index in [1.165, 1.54) is 0 Å². The van der Waals surface area contributed by atoms with Crippen molar-refractivity contribution >= 4 is 37.7 Å². The first kappa shape index (κ1) is 43.3. The second kappa shape index (κ2) is 22.2. The van der Waals surface area contributed by atoms with E-state index in [-0.39, 0.29) is 66.1 Å². The van der Waals surface area contributed by atoms with Crippen LogP contribution in [0, 0.1) is 0 Å². The van der Waals surface area contributed by atoms with E-state index in [4.69, 9.17) is 0 Å². The molecular formula is CaCrO2+. The molecule has 0 aliphatic carbocycles. The normalized spacial score (nSPS) is 0. The first-order valence-corrected chi connectivity index (χ1v) is 0. The minimum absolute atomic E-state index is 0. The van der Waals surface area contributed by atoms with Gasteiger partial charge in [0.2, 0.25) is 0 Å². The average Bonchev–Trinajstić information content (AvgIpc) is 0. The van der Waals surface area contributed by atoms with Crippen molar-refractivity contribution in [2.24, 2.45) is 0 Å². The van der Waals surface area contributed by atoms with Crippen molar-refractivity contribution in [1.82, 2.24) is 0 Å². The van der Waals surface area contributed by atoms with Crippen molar-refractivity contribution in [2.45, 2.75) is 0 Å². The third kappa shape index (κ3) is 9.31. The van der Waals surface area contributed by atoms with E-state index in [0.717, 1.165) is 0 Å². The number of hydrogen-bond acceptors (Lipinski definition) is 0. The van der Waals surface area contributed by atoms with Crippen LogP contribution in [-0.2, 0) is 28.3 Å². The Labute approximate surface area is 65.3 Å². The molecular weight excluding hydrogens is 124 g/mol.